The summed E-state index contributed by atoms with van der Waals surface area (Å²) < 4.78 is 6.38. The molecule has 5 rings (SSSR count). The number of nitrogens with zero attached hydrogens (tertiary/aromatic N) is 1. The van der Waals surface area contributed by atoms with Crippen LogP contribution in [0.25, 0.3) is 28.1 Å². The van der Waals surface area contributed by atoms with E-state index in [0.29, 0.717) is 0 Å². The molecule has 1 N–H and O–H groups in total. The molecule has 124 valence electrons. The molecule has 1 spiro atoms. The van der Waals surface area contributed by atoms with Crippen molar-refractivity contribution in [2.75, 3.05) is 13.1 Å². The topological polar surface area (TPSA) is 34.1 Å². The zero-order valence-electron chi connectivity index (χ0n) is 14.0. The molecule has 3 nitrogen and oxygen atoms in total. The third kappa shape index (κ3) is 2.61. The predicted molar refractivity (Wildman–Crippen MR) is 102 cm³/mol. The third-order valence-electron chi connectivity index (χ3n) is 5.26. The van der Waals surface area contributed by atoms with Gasteiger partial charge >= 0.3 is 0 Å². The van der Waals surface area contributed by atoms with Gasteiger partial charge in [0.15, 0.2) is 0 Å². The van der Waals surface area contributed by atoms with Crippen molar-refractivity contribution in [2.45, 2.75) is 18.4 Å². The van der Waals surface area contributed by atoms with E-state index in [0.717, 1.165) is 53.7 Å². The summed E-state index contributed by atoms with van der Waals surface area (Å²) in [5.74, 6) is 0.988. The summed E-state index contributed by atoms with van der Waals surface area (Å²) in [5, 5.41) is 4.57. The van der Waals surface area contributed by atoms with Crippen molar-refractivity contribution >= 4 is 17.0 Å². The molecule has 2 aliphatic heterocycles. The lowest BCUT2D eigenvalue weighted by Gasteiger charge is -2.38. The summed E-state index contributed by atoms with van der Waals surface area (Å²) in [4.78, 5) is 4.58. The molecule has 3 aromatic rings. The number of benzene rings is 2. The quantitative estimate of drug-likeness (QED) is 0.717. The molecule has 0 atom stereocenters. The maximum atomic E-state index is 6.38. The summed E-state index contributed by atoms with van der Waals surface area (Å²) in [5.41, 5.74) is 4.36. The maximum Gasteiger partial charge on any atom is 0.130 e. The van der Waals surface area contributed by atoms with E-state index in [4.69, 9.17) is 4.74 Å². The van der Waals surface area contributed by atoms with E-state index in [1.54, 1.807) is 0 Å². The van der Waals surface area contributed by atoms with Crippen LogP contribution < -0.4 is 10.1 Å². The second kappa shape index (κ2) is 5.71. The normalized spacial score (nSPS) is 18.1. The number of para-hydroxylation sites is 1. The predicted octanol–water partition coefficient (Wildman–Crippen LogP) is 4.43. The molecule has 0 radical (unpaired) electrons. The van der Waals surface area contributed by atoms with Crippen LogP contribution in [0.3, 0.4) is 0 Å². The lowest BCUT2D eigenvalue weighted by Crippen LogP contribution is -2.45. The fourth-order valence-electron chi connectivity index (χ4n) is 3.79. The van der Waals surface area contributed by atoms with Crippen LogP contribution >= 0.6 is 0 Å². The number of aromatic nitrogens is 1. The van der Waals surface area contributed by atoms with Crippen LogP contribution in [-0.2, 0) is 0 Å². The van der Waals surface area contributed by atoms with Crippen LogP contribution in [0, 0.1) is 0 Å². The van der Waals surface area contributed by atoms with Crippen LogP contribution in [0.15, 0.2) is 60.8 Å². The molecule has 2 aliphatic rings. The SMILES string of the molecule is C1=CC2(CCNCC2)Oc2ccc(-c3cnc4ccccc4c3)cc21. The molecule has 25 heavy (non-hydrogen) atoms. The molecular weight excluding hydrogens is 308 g/mol. The zero-order valence-corrected chi connectivity index (χ0v) is 14.0. The minimum absolute atomic E-state index is 0.121. The minimum atomic E-state index is -0.121. The Morgan fingerprint density at radius 1 is 0.960 bits per heavy atom. The Morgan fingerprint density at radius 2 is 1.84 bits per heavy atom. The van der Waals surface area contributed by atoms with Gasteiger partial charge in [0.25, 0.3) is 0 Å². The number of fused-ring (bicyclic) bond motifs is 2. The molecule has 3 heteroatoms. The average molecular weight is 328 g/mol. The Kier molecular flexibility index (Phi) is 3.35. The molecule has 0 aliphatic carbocycles. The minimum Gasteiger partial charge on any atom is -0.482 e. The molecule has 0 unspecified atom stereocenters. The van der Waals surface area contributed by atoms with Gasteiger partial charge < -0.3 is 10.1 Å². The molecule has 1 saturated heterocycles. The van der Waals surface area contributed by atoms with Crippen LogP contribution in [0.5, 0.6) is 5.75 Å². The highest BCUT2D eigenvalue weighted by molar-refractivity contribution is 5.84. The van der Waals surface area contributed by atoms with Crippen molar-refractivity contribution in [2.24, 2.45) is 0 Å². The summed E-state index contributed by atoms with van der Waals surface area (Å²) in [6.45, 7) is 2.03. The van der Waals surface area contributed by atoms with Gasteiger partial charge in [-0.15, -0.1) is 0 Å². The van der Waals surface area contributed by atoms with E-state index in [1.165, 1.54) is 5.56 Å². The first-order valence-electron chi connectivity index (χ1n) is 8.90. The number of ether oxygens (including phenoxy) is 1. The van der Waals surface area contributed by atoms with Gasteiger partial charge in [-0.1, -0.05) is 30.3 Å². The molecule has 0 amide bonds. The lowest BCUT2D eigenvalue weighted by molar-refractivity contribution is 0.0823. The molecule has 3 heterocycles. The number of hydrogen-bond donors (Lipinski definition) is 1. The Bertz CT molecular complexity index is 971. The van der Waals surface area contributed by atoms with Crippen LogP contribution in [0.4, 0.5) is 0 Å². The number of rotatable bonds is 1. The number of pyridine rings is 1. The summed E-state index contributed by atoms with van der Waals surface area (Å²) in [7, 11) is 0. The molecule has 1 fully saturated rings. The van der Waals surface area contributed by atoms with Crippen LogP contribution in [0.1, 0.15) is 18.4 Å². The van der Waals surface area contributed by atoms with Gasteiger partial charge in [0.05, 0.1) is 5.52 Å². The Labute approximate surface area is 147 Å². The first-order valence-corrected chi connectivity index (χ1v) is 8.90. The van der Waals surface area contributed by atoms with Crippen molar-refractivity contribution in [3.8, 4) is 16.9 Å². The van der Waals surface area contributed by atoms with E-state index in [2.05, 4.69) is 58.9 Å². The number of nitrogens with one attached hydrogen (secondary N) is 1. The first-order chi connectivity index (χ1) is 12.3. The molecule has 2 aromatic carbocycles. The average Bonchev–Trinajstić information content (AvgIpc) is 2.68. The zero-order chi connectivity index (χ0) is 16.7. The van der Waals surface area contributed by atoms with Crippen molar-refractivity contribution in [1.82, 2.24) is 10.3 Å². The fourth-order valence-corrected chi connectivity index (χ4v) is 3.79. The monoisotopic (exact) mass is 328 g/mol. The summed E-state index contributed by atoms with van der Waals surface area (Å²) in [6.07, 6.45) is 8.48. The van der Waals surface area contributed by atoms with Crippen molar-refractivity contribution in [3.05, 3.63) is 66.4 Å². The highest BCUT2D eigenvalue weighted by atomic mass is 16.5. The smallest absolute Gasteiger partial charge is 0.130 e. The summed E-state index contributed by atoms with van der Waals surface area (Å²) >= 11 is 0. The van der Waals surface area contributed by atoms with Crippen molar-refractivity contribution in [1.29, 1.82) is 0 Å². The fraction of sp³-hybridized carbons (Fsp3) is 0.227. The van der Waals surface area contributed by atoms with Gasteiger partial charge in [-0.25, -0.2) is 0 Å². The standard InChI is InChI=1S/C22H20N2O/c1-2-4-20-17(3-1)14-19(15-24-20)16-5-6-21-18(13-16)7-8-22(25-21)9-11-23-12-10-22/h1-8,13-15,23H,9-12H2. The first kappa shape index (κ1) is 14.7. The highest BCUT2D eigenvalue weighted by Gasteiger charge is 2.34. The van der Waals surface area contributed by atoms with Crippen molar-refractivity contribution in [3.63, 3.8) is 0 Å². The van der Waals surface area contributed by atoms with Gasteiger partial charge in [0.2, 0.25) is 0 Å². The third-order valence-corrected chi connectivity index (χ3v) is 5.26. The second-order valence-electron chi connectivity index (χ2n) is 6.92. The lowest BCUT2D eigenvalue weighted by atomic mass is 9.88. The number of hydrogen-bond acceptors (Lipinski definition) is 3. The van der Waals surface area contributed by atoms with E-state index in [9.17, 15) is 0 Å². The van der Waals surface area contributed by atoms with Crippen molar-refractivity contribution < 1.29 is 4.74 Å². The Hall–Kier alpha value is -2.65. The van der Waals surface area contributed by atoms with E-state index in [1.807, 2.05) is 18.3 Å². The van der Waals surface area contributed by atoms with Crippen LogP contribution in [0.2, 0.25) is 0 Å². The maximum absolute atomic E-state index is 6.38. The van der Waals surface area contributed by atoms with E-state index < -0.39 is 0 Å². The largest absolute Gasteiger partial charge is 0.482 e. The van der Waals surface area contributed by atoms with Gasteiger partial charge in [-0.05, 0) is 49.0 Å². The van der Waals surface area contributed by atoms with E-state index in [-0.39, 0.29) is 5.60 Å². The molecular formula is C22H20N2O. The molecule has 1 aromatic heterocycles. The Morgan fingerprint density at radius 3 is 2.76 bits per heavy atom. The second-order valence-corrected chi connectivity index (χ2v) is 6.92. The van der Waals surface area contributed by atoms with Crippen LogP contribution in [-0.4, -0.2) is 23.7 Å². The number of piperidine rings is 1. The molecule has 0 saturated carbocycles. The summed E-state index contributed by atoms with van der Waals surface area (Å²) in [6, 6.07) is 16.9. The van der Waals surface area contributed by atoms with Gasteiger partial charge in [0.1, 0.15) is 11.4 Å². The van der Waals surface area contributed by atoms with Gasteiger partial charge in [0, 0.05) is 35.6 Å². The molecule has 0 bridgehead atoms. The van der Waals surface area contributed by atoms with E-state index >= 15 is 0 Å². The van der Waals surface area contributed by atoms with Gasteiger partial charge in [-0.3, -0.25) is 4.98 Å². The Balaban J connectivity index is 1.51. The highest BCUT2D eigenvalue weighted by Crippen LogP contribution is 2.37. The van der Waals surface area contributed by atoms with Gasteiger partial charge in [-0.2, -0.15) is 0 Å².